The van der Waals surface area contributed by atoms with Gasteiger partial charge in [-0.1, -0.05) is 25.6 Å². The van der Waals surface area contributed by atoms with Crippen LogP contribution in [0, 0.1) is 18.7 Å². The van der Waals surface area contributed by atoms with Crippen LogP contribution in [-0.4, -0.2) is 21.0 Å². The number of benzene rings is 1. The molecule has 0 unspecified atom stereocenters. The zero-order valence-electron chi connectivity index (χ0n) is 16.2. The second-order valence-corrected chi connectivity index (χ2v) is 8.19. The molecule has 1 aromatic heterocycles. The Kier molecular flexibility index (Phi) is 5.51. The summed E-state index contributed by atoms with van der Waals surface area (Å²) < 4.78 is 14.7. The molecule has 6 nitrogen and oxygen atoms in total. The van der Waals surface area contributed by atoms with Gasteiger partial charge in [0.15, 0.2) is 5.17 Å². The molecule has 1 atom stereocenters. The number of allylic oxidation sites excluding steroid dienone is 1. The highest BCUT2D eigenvalue weighted by Crippen LogP contribution is 2.40. The topological polar surface area (TPSA) is 93.3 Å². The first kappa shape index (κ1) is 20.0. The molecule has 8 heteroatoms. The van der Waals surface area contributed by atoms with Crippen molar-refractivity contribution in [3.8, 4) is 0 Å². The fourth-order valence-corrected chi connectivity index (χ4v) is 3.83. The number of nitrogens with two attached hydrogens (primary N) is 1. The number of aryl methyl sites for hydroxylation is 1. The van der Waals surface area contributed by atoms with Gasteiger partial charge < -0.3 is 11.1 Å². The number of hydrogen-bond donors (Lipinski definition) is 2. The number of thioether (sulfide) groups is 1. The summed E-state index contributed by atoms with van der Waals surface area (Å²) in [5.41, 5.74) is 6.72. The Labute approximate surface area is 167 Å². The number of carbonyl (C=O) groups excluding carboxylic acids is 1. The zero-order valence-corrected chi connectivity index (χ0v) is 17.0. The van der Waals surface area contributed by atoms with Crippen molar-refractivity contribution in [3.63, 3.8) is 0 Å². The molecule has 0 saturated carbocycles. The van der Waals surface area contributed by atoms with Crippen LogP contribution in [0.15, 0.2) is 46.6 Å². The Morgan fingerprint density at radius 1 is 1.29 bits per heavy atom. The number of nitrogens with zero attached hydrogens (tertiary/aromatic N) is 3. The number of halogens is 1. The first-order valence-corrected chi connectivity index (χ1v) is 9.65. The number of aromatic nitrogens is 2. The molecular weight excluding hydrogens is 377 g/mol. The molecule has 0 bridgehead atoms. The third kappa shape index (κ3) is 4.22. The Hall–Kier alpha value is -2.74. The molecule has 1 aliphatic rings. The van der Waals surface area contributed by atoms with E-state index in [0.29, 0.717) is 22.1 Å². The highest BCUT2D eigenvalue weighted by molar-refractivity contribution is 8.17. The van der Waals surface area contributed by atoms with E-state index < -0.39 is 17.3 Å². The van der Waals surface area contributed by atoms with Gasteiger partial charge in [-0.15, -0.1) is 0 Å². The van der Waals surface area contributed by atoms with Crippen LogP contribution in [0.2, 0.25) is 0 Å². The maximum atomic E-state index is 14.7. The van der Waals surface area contributed by atoms with E-state index in [-0.39, 0.29) is 11.6 Å². The van der Waals surface area contributed by atoms with Crippen molar-refractivity contribution in [3.05, 3.63) is 64.3 Å². The van der Waals surface area contributed by atoms with E-state index in [1.54, 1.807) is 19.9 Å². The summed E-state index contributed by atoms with van der Waals surface area (Å²) in [7, 11) is 0. The van der Waals surface area contributed by atoms with Gasteiger partial charge in [0.05, 0.1) is 11.9 Å². The predicted molar refractivity (Wildman–Crippen MR) is 111 cm³/mol. The summed E-state index contributed by atoms with van der Waals surface area (Å²) in [5, 5.41) is 3.12. The van der Waals surface area contributed by atoms with Crippen LogP contribution in [0.3, 0.4) is 0 Å². The molecule has 0 radical (unpaired) electrons. The van der Waals surface area contributed by atoms with Crippen molar-refractivity contribution in [2.45, 2.75) is 33.2 Å². The molecule has 0 saturated heterocycles. The lowest BCUT2D eigenvalue weighted by atomic mass is 9.90. The van der Waals surface area contributed by atoms with E-state index in [2.05, 4.69) is 20.3 Å². The summed E-state index contributed by atoms with van der Waals surface area (Å²) in [5.74, 6) is -0.598. The van der Waals surface area contributed by atoms with Crippen LogP contribution in [0.25, 0.3) is 0 Å². The number of aliphatic imine (C=N–C) groups is 1. The van der Waals surface area contributed by atoms with Gasteiger partial charge >= 0.3 is 0 Å². The smallest absolute Gasteiger partial charge is 0.275 e. The number of rotatable bonds is 4. The minimum absolute atomic E-state index is 0.181. The monoisotopic (exact) mass is 399 g/mol. The number of nitrogens with one attached hydrogen (secondary N) is 1. The second kappa shape index (κ2) is 7.71. The lowest BCUT2D eigenvalue weighted by Crippen LogP contribution is -2.27. The molecule has 28 heavy (non-hydrogen) atoms. The van der Waals surface area contributed by atoms with Gasteiger partial charge in [-0.3, -0.25) is 9.78 Å². The van der Waals surface area contributed by atoms with Crippen molar-refractivity contribution < 1.29 is 9.18 Å². The van der Waals surface area contributed by atoms with E-state index >= 15 is 0 Å². The quantitative estimate of drug-likeness (QED) is 0.811. The summed E-state index contributed by atoms with van der Waals surface area (Å²) >= 11 is 1.39. The van der Waals surface area contributed by atoms with Crippen molar-refractivity contribution in [1.82, 2.24) is 9.97 Å². The Balaban J connectivity index is 1.94. The van der Waals surface area contributed by atoms with Crippen LogP contribution in [-0.2, 0) is 5.54 Å². The van der Waals surface area contributed by atoms with Gasteiger partial charge in [0.2, 0.25) is 0 Å². The van der Waals surface area contributed by atoms with Gasteiger partial charge in [-0.05, 0) is 48.9 Å². The Bertz CT molecular complexity index is 971. The highest BCUT2D eigenvalue weighted by Gasteiger charge is 2.32. The van der Waals surface area contributed by atoms with E-state index in [1.807, 2.05) is 19.9 Å². The summed E-state index contributed by atoms with van der Waals surface area (Å²) in [4.78, 5) is 26.0. The maximum Gasteiger partial charge on any atom is 0.275 e. The number of anilines is 1. The minimum atomic E-state index is -0.955. The molecule has 0 spiro atoms. The molecule has 2 heterocycles. The normalized spacial score (nSPS) is 19.2. The summed E-state index contributed by atoms with van der Waals surface area (Å²) in [6, 6.07) is 4.39. The Morgan fingerprint density at radius 2 is 2.04 bits per heavy atom. The molecule has 2 aromatic rings. The van der Waals surface area contributed by atoms with Crippen LogP contribution < -0.4 is 11.1 Å². The molecule has 3 N–H and O–H groups in total. The van der Waals surface area contributed by atoms with E-state index in [1.165, 1.54) is 36.3 Å². The largest absolute Gasteiger partial charge is 0.378 e. The van der Waals surface area contributed by atoms with E-state index in [0.717, 1.165) is 4.91 Å². The van der Waals surface area contributed by atoms with Gasteiger partial charge in [0.25, 0.3) is 5.91 Å². The van der Waals surface area contributed by atoms with Gasteiger partial charge in [-0.2, -0.15) is 0 Å². The number of hydrogen-bond acceptors (Lipinski definition) is 6. The summed E-state index contributed by atoms with van der Waals surface area (Å²) in [6.45, 7) is 7.69. The first-order valence-electron chi connectivity index (χ1n) is 8.84. The number of carbonyl (C=O) groups is 1. The van der Waals surface area contributed by atoms with E-state index in [9.17, 15) is 9.18 Å². The highest BCUT2D eigenvalue weighted by atomic mass is 32.2. The first-order chi connectivity index (χ1) is 13.2. The van der Waals surface area contributed by atoms with Crippen LogP contribution in [0.4, 0.5) is 10.1 Å². The van der Waals surface area contributed by atoms with Crippen molar-refractivity contribution in [1.29, 1.82) is 0 Å². The van der Waals surface area contributed by atoms with Crippen molar-refractivity contribution in [2.24, 2.45) is 16.6 Å². The molecule has 1 aromatic carbocycles. The zero-order chi connectivity index (χ0) is 20.5. The molecular formula is C20H22FN5OS. The fourth-order valence-electron chi connectivity index (χ4n) is 2.83. The fraction of sp³-hybridized carbons (Fsp3) is 0.300. The minimum Gasteiger partial charge on any atom is -0.378 e. The lowest BCUT2D eigenvalue weighted by molar-refractivity contribution is 0.102. The molecule has 1 amide bonds. The lowest BCUT2D eigenvalue weighted by Gasteiger charge is -2.29. The molecule has 3 rings (SSSR count). The predicted octanol–water partition coefficient (Wildman–Crippen LogP) is 3.99. The Morgan fingerprint density at radius 3 is 2.68 bits per heavy atom. The molecule has 0 aliphatic carbocycles. The standard InChI is InChI=1S/C20H22FN5OS/c1-11(2)17-8-20(4,26-19(22)28-17)14-7-13(5-6-15(14)21)25-18(27)16-10-23-12(3)9-24-16/h5-11H,1-4H3,(H2,22,26)(H,25,27)/t20-/m0/s1. The van der Waals surface area contributed by atoms with Crippen molar-refractivity contribution >= 4 is 28.5 Å². The average Bonchev–Trinajstić information content (AvgIpc) is 2.63. The van der Waals surface area contributed by atoms with Crippen LogP contribution in [0.1, 0.15) is 42.5 Å². The van der Waals surface area contributed by atoms with Crippen LogP contribution in [0.5, 0.6) is 0 Å². The molecule has 0 fully saturated rings. The van der Waals surface area contributed by atoms with Crippen LogP contribution >= 0.6 is 11.8 Å². The number of amidine groups is 1. The maximum absolute atomic E-state index is 14.7. The third-order valence-electron chi connectivity index (χ3n) is 4.34. The summed E-state index contributed by atoms with van der Waals surface area (Å²) in [6.07, 6.45) is 4.84. The SMILES string of the molecule is Cc1cnc(C(=O)Nc2ccc(F)c([C@]3(C)C=C(C(C)C)SC(N)=N3)c2)cn1. The van der Waals surface area contributed by atoms with Crippen molar-refractivity contribution in [2.75, 3.05) is 5.32 Å². The van der Waals surface area contributed by atoms with Gasteiger partial charge in [-0.25, -0.2) is 14.4 Å². The van der Waals surface area contributed by atoms with E-state index in [4.69, 9.17) is 5.73 Å². The average molecular weight is 399 g/mol. The molecule has 1 aliphatic heterocycles. The number of amides is 1. The molecule has 146 valence electrons. The van der Waals surface area contributed by atoms with Gasteiger partial charge in [0.1, 0.15) is 17.1 Å². The van der Waals surface area contributed by atoms with Gasteiger partial charge in [0, 0.05) is 17.4 Å². The second-order valence-electron chi connectivity index (χ2n) is 7.09. The third-order valence-corrected chi connectivity index (χ3v) is 5.47.